The molecule has 2 bridgehead atoms. The van der Waals surface area contributed by atoms with E-state index in [0.717, 1.165) is 36.0 Å². The molecule has 0 radical (unpaired) electrons. The second-order valence-electron chi connectivity index (χ2n) is 12.3. The first kappa shape index (κ1) is 26.8. The molecule has 4 aliphatic rings. The van der Waals surface area contributed by atoms with Crippen molar-refractivity contribution >= 4 is 23.4 Å². The van der Waals surface area contributed by atoms with Gasteiger partial charge in [0.2, 0.25) is 17.7 Å². The lowest BCUT2D eigenvalue weighted by Gasteiger charge is -2.38. The highest BCUT2D eigenvalue weighted by molar-refractivity contribution is 6.02. The molecule has 2 aromatic carbocycles. The molecule has 6 rings (SSSR count). The fourth-order valence-electron chi connectivity index (χ4n) is 7.31. The number of amides is 3. The fourth-order valence-corrected chi connectivity index (χ4v) is 7.31. The van der Waals surface area contributed by atoms with Crippen LogP contribution >= 0.6 is 0 Å². The van der Waals surface area contributed by atoms with E-state index < -0.39 is 29.6 Å². The van der Waals surface area contributed by atoms with Crippen molar-refractivity contribution in [3.05, 3.63) is 77.4 Å². The van der Waals surface area contributed by atoms with E-state index in [1.54, 1.807) is 4.90 Å². The van der Waals surface area contributed by atoms with Gasteiger partial charge in [0.25, 0.3) is 0 Å². The molecule has 7 heteroatoms. The Labute approximate surface area is 236 Å². The van der Waals surface area contributed by atoms with E-state index in [-0.39, 0.29) is 30.3 Å². The summed E-state index contributed by atoms with van der Waals surface area (Å²) in [5.74, 6) is -1.28. The molecule has 3 aliphatic heterocycles. The standard InChI is InChI=1S/C33H39N3O4/c1-19-13-14-24(17-21(19)3)34-30(37)27-26-15-16-33(40-26)28(27)32(39)36(18-23-10-6-5-7-11-23)29(33)31(38)35-25-12-8-9-20(2)22(25)4/h5-7,10-11,13-17,20,22,25-29H,8-9,12,18H2,1-4H3,(H,34,37)(H,35,38)/t20?,22?,25?,26-,27?,28-,29?,33?/m1/s1. The summed E-state index contributed by atoms with van der Waals surface area (Å²) in [6, 6.07) is 14.7. The maximum absolute atomic E-state index is 14.2. The Hall–Kier alpha value is -3.45. The van der Waals surface area contributed by atoms with Crippen LogP contribution in [0.2, 0.25) is 0 Å². The van der Waals surface area contributed by atoms with Gasteiger partial charge in [-0.1, -0.05) is 75.2 Å². The number of carbonyl (C=O) groups excluding carboxylic acids is 3. The molecule has 3 fully saturated rings. The first-order chi connectivity index (χ1) is 19.2. The highest BCUT2D eigenvalue weighted by Crippen LogP contribution is 2.55. The summed E-state index contributed by atoms with van der Waals surface area (Å²) in [5.41, 5.74) is 2.66. The first-order valence-corrected chi connectivity index (χ1v) is 14.6. The Morgan fingerprint density at radius 3 is 2.55 bits per heavy atom. The molecular formula is C33H39N3O4. The molecule has 1 aliphatic carbocycles. The smallest absolute Gasteiger partial charge is 0.246 e. The molecule has 7 nitrogen and oxygen atoms in total. The molecule has 8 atom stereocenters. The summed E-state index contributed by atoms with van der Waals surface area (Å²) in [6.45, 7) is 8.74. The van der Waals surface area contributed by atoms with Gasteiger partial charge < -0.3 is 20.3 Å². The number of fused-ring (bicyclic) bond motifs is 1. The van der Waals surface area contributed by atoms with E-state index >= 15 is 0 Å². The minimum absolute atomic E-state index is 0.0480. The predicted molar refractivity (Wildman–Crippen MR) is 153 cm³/mol. The van der Waals surface area contributed by atoms with Gasteiger partial charge >= 0.3 is 0 Å². The van der Waals surface area contributed by atoms with Gasteiger partial charge in [0.05, 0.1) is 17.9 Å². The molecular weight excluding hydrogens is 502 g/mol. The van der Waals surface area contributed by atoms with Crippen molar-refractivity contribution in [1.82, 2.24) is 10.2 Å². The maximum atomic E-state index is 14.2. The monoisotopic (exact) mass is 541 g/mol. The van der Waals surface area contributed by atoms with Crippen LogP contribution in [0.15, 0.2) is 60.7 Å². The van der Waals surface area contributed by atoms with Crippen molar-refractivity contribution in [2.45, 2.75) is 77.3 Å². The van der Waals surface area contributed by atoms with Crippen LogP contribution in [0.1, 0.15) is 49.8 Å². The number of anilines is 1. The second kappa shape index (κ2) is 10.2. The van der Waals surface area contributed by atoms with E-state index in [0.29, 0.717) is 17.5 Å². The SMILES string of the molecule is Cc1ccc(NC(=O)C2[C@H]3C=CC4(O3)C(C(=O)NC3CCCC(C)C3C)N(Cc3ccccc3)C(=O)[C@@H]24)cc1C. The average Bonchev–Trinajstić information content (AvgIpc) is 3.57. The number of nitrogens with one attached hydrogen (secondary N) is 2. The Kier molecular flexibility index (Phi) is 6.81. The molecule has 1 spiro atoms. The summed E-state index contributed by atoms with van der Waals surface area (Å²) < 4.78 is 6.51. The average molecular weight is 542 g/mol. The number of nitrogens with zero attached hydrogens (tertiary/aromatic N) is 1. The molecule has 40 heavy (non-hydrogen) atoms. The van der Waals surface area contributed by atoms with Crippen LogP contribution in [-0.2, 0) is 25.7 Å². The zero-order valence-corrected chi connectivity index (χ0v) is 23.7. The molecule has 1 saturated carbocycles. The summed E-state index contributed by atoms with van der Waals surface area (Å²) in [5, 5.41) is 6.34. The number of hydrogen-bond acceptors (Lipinski definition) is 4. The lowest BCUT2D eigenvalue weighted by Crippen LogP contribution is -2.57. The van der Waals surface area contributed by atoms with Gasteiger partial charge in [-0.15, -0.1) is 0 Å². The van der Waals surface area contributed by atoms with Gasteiger partial charge in [-0.05, 0) is 60.9 Å². The van der Waals surface area contributed by atoms with Gasteiger partial charge in [0, 0.05) is 18.3 Å². The van der Waals surface area contributed by atoms with Crippen LogP contribution < -0.4 is 10.6 Å². The molecule has 2 aromatic rings. The van der Waals surface area contributed by atoms with Crippen molar-refractivity contribution < 1.29 is 19.1 Å². The summed E-state index contributed by atoms with van der Waals surface area (Å²) in [4.78, 5) is 43.7. The Bertz CT molecular complexity index is 1360. The number of ether oxygens (including phenoxy) is 1. The highest BCUT2D eigenvalue weighted by atomic mass is 16.5. The number of aryl methyl sites for hydroxylation is 2. The Balaban J connectivity index is 1.32. The third-order valence-electron chi connectivity index (χ3n) is 9.93. The number of carbonyl (C=O) groups is 3. The Morgan fingerprint density at radius 2 is 1.80 bits per heavy atom. The predicted octanol–water partition coefficient (Wildman–Crippen LogP) is 4.53. The van der Waals surface area contributed by atoms with E-state index in [9.17, 15) is 14.4 Å². The van der Waals surface area contributed by atoms with Crippen LogP contribution in [0.4, 0.5) is 5.69 Å². The molecule has 2 saturated heterocycles. The number of hydrogen-bond donors (Lipinski definition) is 2. The van der Waals surface area contributed by atoms with Gasteiger partial charge in [0.15, 0.2) is 0 Å². The summed E-state index contributed by atoms with van der Waals surface area (Å²) >= 11 is 0. The van der Waals surface area contributed by atoms with Crippen molar-refractivity contribution in [2.75, 3.05) is 5.32 Å². The van der Waals surface area contributed by atoms with Crippen molar-refractivity contribution in [1.29, 1.82) is 0 Å². The highest BCUT2D eigenvalue weighted by Gasteiger charge is 2.72. The van der Waals surface area contributed by atoms with E-state index in [2.05, 4.69) is 24.5 Å². The molecule has 3 heterocycles. The van der Waals surface area contributed by atoms with Gasteiger partial charge in [0.1, 0.15) is 11.6 Å². The topological polar surface area (TPSA) is 87.7 Å². The molecule has 0 aromatic heterocycles. The van der Waals surface area contributed by atoms with Crippen LogP contribution in [0.25, 0.3) is 0 Å². The zero-order chi connectivity index (χ0) is 28.2. The minimum Gasteiger partial charge on any atom is -0.359 e. The number of likely N-dealkylation sites (tertiary alicyclic amines) is 1. The summed E-state index contributed by atoms with van der Waals surface area (Å²) in [6.07, 6.45) is 6.35. The van der Waals surface area contributed by atoms with Crippen LogP contribution in [0, 0.1) is 37.5 Å². The Morgan fingerprint density at radius 1 is 1.02 bits per heavy atom. The summed E-state index contributed by atoms with van der Waals surface area (Å²) in [7, 11) is 0. The first-order valence-electron chi connectivity index (χ1n) is 14.6. The second-order valence-corrected chi connectivity index (χ2v) is 12.3. The third-order valence-corrected chi connectivity index (χ3v) is 9.93. The van der Waals surface area contributed by atoms with E-state index in [1.807, 2.05) is 74.5 Å². The van der Waals surface area contributed by atoms with Gasteiger partial charge in [-0.2, -0.15) is 0 Å². The zero-order valence-electron chi connectivity index (χ0n) is 23.7. The largest absolute Gasteiger partial charge is 0.359 e. The minimum atomic E-state index is -1.17. The van der Waals surface area contributed by atoms with Crippen molar-refractivity contribution in [3.8, 4) is 0 Å². The van der Waals surface area contributed by atoms with E-state index in [1.165, 1.54) is 0 Å². The maximum Gasteiger partial charge on any atom is 0.246 e. The fraction of sp³-hybridized carbons (Fsp3) is 0.485. The normalized spacial score (nSPS) is 34.1. The van der Waals surface area contributed by atoms with Crippen LogP contribution in [0.3, 0.4) is 0 Å². The molecule has 6 unspecified atom stereocenters. The lowest BCUT2D eigenvalue weighted by atomic mass is 9.73. The quantitative estimate of drug-likeness (QED) is 0.526. The van der Waals surface area contributed by atoms with Crippen LogP contribution in [0.5, 0.6) is 0 Å². The third kappa shape index (κ3) is 4.35. The number of rotatable bonds is 6. The van der Waals surface area contributed by atoms with Crippen molar-refractivity contribution in [2.24, 2.45) is 23.7 Å². The van der Waals surface area contributed by atoms with Gasteiger partial charge in [-0.25, -0.2) is 0 Å². The van der Waals surface area contributed by atoms with Crippen molar-refractivity contribution in [3.63, 3.8) is 0 Å². The van der Waals surface area contributed by atoms with Gasteiger partial charge in [-0.3, -0.25) is 14.4 Å². The number of benzene rings is 2. The molecule has 2 N–H and O–H groups in total. The van der Waals surface area contributed by atoms with Crippen LogP contribution in [-0.4, -0.2) is 46.4 Å². The molecule has 3 amide bonds. The molecule has 210 valence electrons. The van der Waals surface area contributed by atoms with E-state index in [4.69, 9.17) is 4.74 Å². The lowest BCUT2D eigenvalue weighted by molar-refractivity contribution is -0.142.